The van der Waals surface area contributed by atoms with Crippen LogP contribution in [0.2, 0.25) is 5.02 Å². The van der Waals surface area contributed by atoms with Gasteiger partial charge in [0.2, 0.25) is 0 Å². The summed E-state index contributed by atoms with van der Waals surface area (Å²) in [6, 6.07) is 7.02. The van der Waals surface area contributed by atoms with E-state index in [1.807, 2.05) is 6.92 Å². The highest BCUT2D eigenvalue weighted by Gasteiger charge is 2.13. The maximum atomic E-state index is 13.7. The van der Waals surface area contributed by atoms with E-state index in [4.69, 9.17) is 17.3 Å². The highest BCUT2D eigenvalue weighted by molar-refractivity contribution is 6.30. The highest BCUT2D eigenvalue weighted by Crippen LogP contribution is 2.21. The minimum Gasteiger partial charge on any atom is -0.379 e. The van der Waals surface area contributed by atoms with Crippen LogP contribution in [0.3, 0.4) is 0 Å². The molecule has 21 heavy (non-hydrogen) atoms. The van der Waals surface area contributed by atoms with Crippen molar-refractivity contribution in [1.29, 1.82) is 0 Å². The number of rotatable bonds is 4. The SMILES string of the molecule is Cc1cc(Cl)ccc1CNc1cc(C(N)=O)c(F)cc1F. The third kappa shape index (κ3) is 3.49. The van der Waals surface area contributed by atoms with E-state index in [9.17, 15) is 13.6 Å². The molecule has 0 aliphatic heterocycles. The number of carbonyl (C=O) groups excluding carboxylic acids is 1. The molecule has 0 aromatic heterocycles. The van der Waals surface area contributed by atoms with Gasteiger partial charge in [0.25, 0.3) is 5.91 Å². The molecule has 0 radical (unpaired) electrons. The Labute approximate surface area is 125 Å². The number of hydrogen-bond acceptors (Lipinski definition) is 2. The summed E-state index contributed by atoms with van der Waals surface area (Å²) in [5.41, 5.74) is 6.54. The minimum absolute atomic E-state index is 0.0135. The van der Waals surface area contributed by atoms with Gasteiger partial charge in [0, 0.05) is 17.6 Å². The van der Waals surface area contributed by atoms with Gasteiger partial charge in [-0.1, -0.05) is 17.7 Å². The summed E-state index contributed by atoms with van der Waals surface area (Å²) in [6.45, 7) is 2.18. The number of halogens is 3. The fourth-order valence-corrected chi connectivity index (χ4v) is 2.15. The van der Waals surface area contributed by atoms with Crippen molar-refractivity contribution in [2.24, 2.45) is 5.73 Å². The first kappa shape index (κ1) is 15.3. The molecular weight excluding hydrogens is 298 g/mol. The highest BCUT2D eigenvalue weighted by atomic mass is 35.5. The van der Waals surface area contributed by atoms with E-state index in [0.29, 0.717) is 17.6 Å². The maximum absolute atomic E-state index is 13.7. The molecule has 0 fully saturated rings. The molecule has 1 amide bonds. The predicted molar refractivity (Wildman–Crippen MR) is 78.4 cm³/mol. The molecule has 0 saturated heterocycles. The van der Waals surface area contributed by atoms with Gasteiger partial charge in [-0.25, -0.2) is 8.78 Å². The van der Waals surface area contributed by atoms with E-state index in [-0.39, 0.29) is 11.3 Å². The number of benzene rings is 2. The van der Waals surface area contributed by atoms with Crippen molar-refractivity contribution < 1.29 is 13.6 Å². The van der Waals surface area contributed by atoms with E-state index < -0.39 is 17.5 Å². The fraction of sp³-hybridized carbons (Fsp3) is 0.133. The normalized spacial score (nSPS) is 10.5. The number of nitrogens with one attached hydrogen (secondary N) is 1. The lowest BCUT2D eigenvalue weighted by Crippen LogP contribution is -2.14. The Kier molecular flexibility index (Phi) is 4.43. The lowest BCUT2D eigenvalue weighted by Gasteiger charge is -2.11. The summed E-state index contributed by atoms with van der Waals surface area (Å²) >= 11 is 5.86. The predicted octanol–water partition coefficient (Wildman–Crippen LogP) is 3.64. The Morgan fingerprint density at radius 3 is 2.57 bits per heavy atom. The standard InChI is InChI=1S/C15H13ClF2N2O/c1-8-4-10(16)3-2-9(8)7-20-14-5-11(15(19)21)12(17)6-13(14)18/h2-6,20H,7H2,1H3,(H2,19,21). The third-order valence-corrected chi connectivity index (χ3v) is 3.33. The molecule has 2 aromatic rings. The molecule has 0 spiro atoms. The van der Waals surface area contributed by atoms with E-state index >= 15 is 0 Å². The van der Waals surface area contributed by atoms with Gasteiger partial charge in [0.15, 0.2) is 0 Å². The van der Waals surface area contributed by atoms with Gasteiger partial charge < -0.3 is 11.1 Å². The van der Waals surface area contributed by atoms with E-state index in [2.05, 4.69) is 5.32 Å². The number of amides is 1. The lowest BCUT2D eigenvalue weighted by molar-refractivity contribution is 0.0996. The quantitative estimate of drug-likeness (QED) is 0.906. The molecule has 0 bridgehead atoms. The number of nitrogens with two attached hydrogens (primary N) is 1. The average molecular weight is 311 g/mol. The zero-order valence-corrected chi connectivity index (χ0v) is 12.0. The average Bonchev–Trinajstić information content (AvgIpc) is 2.39. The van der Waals surface area contributed by atoms with Crippen LogP contribution in [0.4, 0.5) is 14.5 Å². The molecule has 0 aliphatic carbocycles. The van der Waals surface area contributed by atoms with Crippen molar-refractivity contribution in [2.45, 2.75) is 13.5 Å². The first-order chi connectivity index (χ1) is 9.88. The molecular formula is C15H13ClF2N2O. The monoisotopic (exact) mass is 310 g/mol. The molecule has 3 N–H and O–H groups in total. The topological polar surface area (TPSA) is 55.1 Å². The molecule has 2 rings (SSSR count). The van der Waals surface area contributed by atoms with Gasteiger partial charge >= 0.3 is 0 Å². The summed E-state index contributed by atoms with van der Waals surface area (Å²) in [7, 11) is 0. The smallest absolute Gasteiger partial charge is 0.251 e. The van der Waals surface area contributed by atoms with Crippen LogP contribution in [0, 0.1) is 18.6 Å². The minimum atomic E-state index is -0.978. The van der Waals surface area contributed by atoms with Gasteiger partial charge in [0.1, 0.15) is 11.6 Å². The van der Waals surface area contributed by atoms with Crippen LogP contribution >= 0.6 is 11.6 Å². The van der Waals surface area contributed by atoms with Crippen LogP contribution in [0.5, 0.6) is 0 Å². The molecule has 0 heterocycles. The Morgan fingerprint density at radius 2 is 1.95 bits per heavy atom. The number of aryl methyl sites for hydroxylation is 1. The molecule has 3 nitrogen and oxygen atoms in total. The van der Waals surface area contributed by atoms with E-state index in [1.54, 1.807) is 18.2 Å². The second kappa shape index (κ2) is 6.10. The van der Waals surface area contributed by atoms with E-state index in [0.717, 1.165) is 17.2 Å². The van der Waals surface area contributed by atoms with Crippen LogP contribution in [0.15, 0.2) is 30.3 Å². The number of primary amides is 1. The van der Waals surface area contributed by atoms with Crippen LogP contribution in [-0.4, -0.2) is 5.91 Å². The first-order valence-electron chi connectivity index (χ1n) is 6.16. The van der Waals surface area contributed by atoms with Gasteiger partial charge in [-0.3, -0.25) is 4.79 Å². The van der Waals surface area contributed by atoms with Crippen LogP contribution in [0.1, 0.15) is 21.5 Å². The van der Waals surface area contributed by atoms with Crippen molar-refractivity contribution in [3.63, 3.8) is 0 Å². The zero-order valence-electron chi connectivity index (χ0n) is 11.2. The number of carbonyl (C=O) groups is 1. The first-order valence-corrected chi connectivity index (χ1v) is 6.54. The summed E-state index contributed by atoms with van der Waals surface area (Å²) in [6.07, 6.45) is 0. The Morgan fingerprint density at radius 1 is 1.24 bits per heavy atom. The van der Waals surface area contributed by atoms with Crippen molar-refractivity contribution in [2.75, 3.05) is 5.32 Å². The summed E-state index contributed by atoms with van der Waals surface area (Å²) in [5.74, 6) is -2.71. The Balaban J connectivity index is 2.23. The molecule has 0 aliphatic rings. The van der Waals surface area contributed by atoms with Gasteiger partial charge in [-0.05, 0) is 36.2 Å². The third-order valence-electron chi connectivity index (χ3n) is 3.10. The van der Waals surface area contributed by atoms with Crippen LogP contribution < -0.4 is 11.1 Å². The van der Waals surface area contributed by atoms with E-state index in [1.165, 1.54) is 0 Å². The van der Waals surface area contributed by atoms with Gasteiger partial charge in [-0.2, -0.15) is 0 Å². The summed E-state index contributed by atoms with van der Waals surface area (Å²) in [5, 5.41) is 3.43. The van der Waals surface area contributed by atoms with Crippen LogP contribution in [-0.2, 0) is 6.54 Å². The fourth-order valence-electron chi connectivity index (χ4n) is 1.92. The molecule has 0 saturated carbocycles. The number of hydrogen-bond donors (Lipinski definition) is 2. The van der Waals surface area contributed by atoms with Gasteiger partial charge in [-0.15, -0.1) is 0 Å². The zero-order chi connectivity index (χ0) is 15.6. The second-order valence-corrected chi connectivity index (χ2v) is 5.04. The van der Waals surface area contributed by atoms with Crippen LogP contribution in [0.25, 0.3) is 0 Å². The summed E-state index contributed by atoms with van der Waals surface area (Å²) < 4.78 is 27.1. The molecule has 6 heteroatoms. The Bertz CT molecular complexity index is 704. The summed E-state index contributed by atoms with van der Waals surface area (Å²) in [4.78, 5) is 11.1. The molecule has 0 atom stereocenters. The lowest BCUT2D eigenvalue weighted by atomic mass is 10.1. The van der Waals surface area contributed by atoms with Crippen molar-refractivity contribution >= 4 is 23.2 Å². The molecule has 2 aromatic carbocycles. The van der Waals surface area contributed by atoms with Crippen molar-refractivity contribution in [3.05, 3.63) is 63.7 Å². The van der Waals surface area contributed by atoms with Crippen molar-refractivity contribution in [3.8, 4) is 0 Å². The second-order valence-electron chi connectivity index (χ2n) is 4.60. The van der Waals surface area contributed by atoms with Crippen molar-refractivity contribution in [1.82, 2.24) is 0 Å². The largest absolute Gasteiger partial charge is 0.379 e. The van der Waals surface area contributed by atoms with Gasteiger partial charge in [0.05, 0.1) is 11.3 Å². The Hall–Kier alpha value is -2.14. The molecule has 0 unspecified atom stereocenters. The number of anilines is 1. The molecule has 110 valence electrons. The maximum Gasteiger partial charge on any atom is 0.251 e.